The topological polar surface area (TPSA) is 61.2 Å². The van der Waals surface area contributed by atoms with Crippen molar-refractivity contribution >= 4 is 41.2 Å². The van der Waals surface area contributed by atoms with Crippen LogP contribution in [0.5, 0.6) is 0 Å². The third kappa shape index (κ3) is 4.63. The van der Waals surface area contributed by atoms with Crippen LogP contribution in [0.4, 0.5) is 0 Å². The van der Waals surface area contributed by atoms with E-state index in [2.05, 4.69) is 10.7 Å². The maximum atomic E-state index is 12.9. The minimum Gasteiger partial charge on any atom is -0.334 e. The summed E-state index contributed by atoms with van der Waals surface area (Å²) < 4.78 is 1.67. The lowest BCUT2D eigenvalue weighted by Gasteiger charge is -2.15. The molecule has 31 heavy (non-hydrogen) atoms. The molecule has 5 nitrogen and oxygen atoms in total. The third-order valence-corrected chi connectivity index (χ3v) is 5.70. The predicted octanol–water partition coefficient (Wildman–Crippen LogP) is 4.32. The van der Waals surface area contributed by atoms with E-state index in [9.17, 15) is 9.59 Å². The number of hydrogen-bond acceptors (Lipinski definition) is 2. The van der Waals surface area contributed by atoms with Crippen molar-refractivity contribution in [2.75, 3.05) is 0 Å². The second-order valence-corrected chi connectivity index (χ2v) is 8.19. The average molecular weight is 453 g/mol. The lowest BCUT2D eigenvalue weighted by molar-refractivity contribution is -0.596. The summed E-state index contributed by atoms with van der Waals surface area (Å²) in [6, 6.07) is 20.5. The van der Waals surface area contributed by atoms with Crippen molar-refractivity contribution in [3.05, 3.63) is 105 Å². The first kappa shape index (κ1) is 21.1. The summed E-state index contributed by atoms with van der Waals surface area (Å²) in [4.78, 5) is 25.8. The molecule has 1 aliphatic rings. The highest BCUT2D eigenvalue weighted by molar-refractivity contribution is 6.33. The Hall–Kier alpha value is -3.15. The van der Waals surface area contributed by atoms with E-state index in [-0.39, 0.29) is 11.8 Å². The number of carbonyl (C=O) groups is 2. The Labute approximate surface area is 190 Å². The molecule has 7 heteroatoms. The van der Waals surface area contributed by atoms with Gasteiger partial charge in [0.05, 0.1) is 10.6 Å². The SMILES string of the molecule is Cc1cccc(C(=O)N[C@H]2C(=O)N/[N+](=C\c3ccccc3Cl)[C@@H]2c2ccc(Cl)cc2)c1. The molecule has 0 radical (unpaired) electrons. The lowest BCUT2D eigenvalue weighted by atomic mass is 9.99. The standard InChI is InChI=1S/C24H19Cl2N3O2/c1-15-5-4-7-17(13-15)23(30)27-21-22(16-9-11-19(25)12-10-16)29(28-24(21)31)14-18-6-2-3-8-20(18)26/h2-14,21-22H,1H3,(H-,27,28,30,31)/p+1/b29-14-/t21-,22-/m1/s1. The molecule has 2 N–H and O–H groups in total. The second-order valence-electron chi connectivity index (χ2n) is 7.35. The van der Waals surface area contributed by atoms with E-state index in [1.807, 2.05) is 49.4 Å². The van der Waals surface area contributed by atoms with E-state index < -0.39 is 12.1 Å². The number of halogens is 2. The Kier molecular flexibility index (Phi) is 6.07. The number of nitrogens with zero attached hydrogens (tertiary/aromatic N) is 1. The summed E-state index contributed by atoms with van der Waals surface area (Å²) in [6.07, 6.45) is 1.76. The number of hydrazone groups is 1. The monoisotopic (exact) mass is 452 g/mol. The van der Waals surface area contributed by atoms with Gasteiger partial charge in [0.2, 0.25) is 12.3 Å². The molecule has 0 aromatic heterocycles. The summed E-state index contributed by atoms with van der Waals surface area (Å²) in [5.41, 5.74) is 5.87. The van der Waals surface area contributed by atoms with Gasteiger partial charge in [0.25, 0.3) is 5.91 Å². The predicted molar refractivity (Wildman–Crippen MR) is 122 cm³/mol. The van der Waals surface area contributed by atoms with Gasteiger partial charge in [-0.2, -0.15) is 0 Å². The van der Waals surface area contributed by atoms with Crippen molar-refractivity contribution in [3.63, 3.8) is 0 Å². The molecule has 1 fully saturated rings. The van der Waals surface area contributed by atoms with Crippen molar-refractivity contribution in [1.82, 2.24) is 10.7 Å². The highest BCUT2D eigenvalue weighted by Gasteiger charge is 2.47. The highest BCUT2D eigenvalue weighted by Crippen LogP contribution is 2.27. The molecule has 0 unspecified atom stereocenters. The Bertz CT molecular complexity index is 1180. The fraction of sp³-hybridized carbons (Fsp3) is 0.125. The molecule has 2 atom stereocenters. The van der Waals surface area contributed by atoms with Gasteiger partial charge in [0.1, 0.15) is 0 Å². The van der Waals surface area contributed by atoms with Crippen LogP contribution in [-0.2, 0) is 4.79 Å². The van der Waals surface area contributed by atoms with Crippen LogP contribution < -0.4 is 10.7 Å². The largest absolute Gasteiger partial charge is 0.334 e. The van der Waals surface area contributed by atoms with Crippen LogP contribution in [0.2, 0.25) is 10.0 Å². The van der Waals surface area contributed by atoms with Crippen molar-refractivity contribution in [1.29, 1.82) is 0 Å². The summed E-state index contributed by atoms with van der Waals surface area (Å²) in [5.74, 6) is -0.633. The van der Waals surface area contributed by atoms with E-state index in [1.165, 1.54) is 0 Å². The van der Waals surface area contributed by atoms with Crippen molar-refractivity contribution in [3.8, 4) is 0 Å². The van der Waals surface area contributed by atoms with Gasteiger partial charge in [0, 0.05) is 16.1 Å². The molecular weight excluding hydrogens is 433 g/mol. The lowest BCUT2D eigenvalue weighted by Crippen LogP contribution is -2.42. The zero-order chi connectivity index (χ0) is 22.0. The first-order valence-corrected chi connectivity index (χ1v) is 10.5. The molecule has 3 aromatic carbocycles. The average Bonchev–Trinajstić information content (AvgIpc) is 3.05. The minimum atomic E-state index is -0.812. The van der Waals surface area contributed by atoms with E-state index in [0.29, 0.717) is 15.6 Å². The Balaban J connectivity index is 1.72. The smallest absolute Gasteiger partial charge is 0.304 e. The van der Waals surface area contributed by atoms with E-state index in [0.717, 1.165) is 16.7 Å². The molecule has 2 amide bonds. The number of aryl methyl sites for hydroxylation is 1. The molecule has 0 aliphatic carbocycles. The number of hydrogen-bond donors (Lipinski definition) is 2. The maximum Gasteiger partial charge on any atom is 0.304 e. The molecule has 4 rings (SSSR count). The van der Waals surface area contributed by atoms with Gasteiger partial charge in [-0.15, -0.1) is 10.1 Å². The number of rotatable bonds is 4. The first-order chi connectivity index (χ1) is 14.9. The number of carbonyl (C=O) groups excluding carboxylic acids is 2. The van der Waals surface area contributed by atoms with Gasteiger partial charge in [-0.3, -0.25) is 9.59 Å². The molecule has 156 valence electrons. The summed E-state index contributed by atoms with van der Waals surface area (Å²) in [7, 11) is 0. The highest BCUT2D eigenvalue weighted by atomic mass is 35.5. The van der Waals surface area contributed by atoms with Gasteiger partial charge >= 0.3 is 5.91 Å². The molecule has 1 aliphatic heterocycles. The number of benzene rings is 3. The van der Waals surface area contributed by atoms with Crippen LogP contribution in [0.1, 0.15) is 33.1 Å². The van der Waals surface area contributed by atoms with Gasteiger partial charge in [-0.1, -0.05) is 65.2 Å². The summed E-state index contributed by atoms with van der Waals surface area (Å²) in [6.45, 7) is 1.91. The van der Waals surface area contributed by atoms with Crippen LogP contribution in [0.15, 0.2) is 72.8 Å². The van der Waals surface area contributed by atoms with Crippen LogP contribution in [0.25, 0.3) is 0 Å². The molecule has 0 spiro atoms. The normalized spacial score (nSPS) is 19.3. The van der Waals surface area contributed by atoms with Gasteiger partial charge < -0.3 is 5.32 Å². The molecule has 1 heterocycles. The Morgan fingerprint density at radius 2 is 1.77 bits per heavy atom. The zero-order valence-electron chi connectivity index (χ0n) is 16.7. The summed E-state index contributed by atoms with van der Waals surface area (Å²) >= 11 is 12.4. The van der Waals surface area contributed by atoms with Gasteiger partial charge in [-0.25, -0.2) is 0 Å². The molecule has 1 saturated heterocycles. The van der Waals surface area contributed by atoms with Crippen LogP contribution in [-0.4, -0.2) is 28.8 Å². The fourth-order valence-electron chi connectivity index (χ4n) is 3.58. The fourth-order valence-corrected chi connectivity index (χ4v) is 3.89. The van der Waals surface area contributed by atoms with Crippen LogP contribution in [0.3, 0.4) is 0 Å². The minimum absolute atomic E-state index is 0.316. The maximum absolute atomic E-state index is 12.9. The number of hydrazine groups is 1. The summed E-state index contributed by atoms with van der Waals surface area (Å²) in [5, 5.41) is 4.03. The van der Waals surface area contributed by atoms with Gasteiger partial charge in [0.15, 0.2) is 6.04 Å². The Morgan fingerprint density at radius 3 is 2.48 bits per heavy atom. The molecule has 0 saturated carbocycles. The zero-order valence-corrected chi connectivity index (χ0v) is 18.2. The number of nitrogens with one attached hydrogen (secondary N) is 2. The van der Waals surface area contributed by atoms with Crippen LogP contribution >= 0.6 is 23.2 Å². The molecule has 3 aromatic rings. The van der Waals surface area contributed by atoms with Crippen molar-refractivity contribution in [2.24, 2.45) is 0 Å². The van der Waals surface area contributed by atoms with E-state index >= 15 is 0 Å². The third-order valence-electron chi connectivity index (χ3n) is 5.10. The van der Waals surface area contributed by atoms with Crippen LogP contribution in [0, 0.1) is 6.92 Å². The van der Waals surface area contributed by atoms with Crippen molar-refractivity contribution < 1.29 is 14.3 Å². The second kappa shape index (κ2) is 8.92. The van der Waals surface area contributed by atoms with Crippen molar-refractivity contribution in [2.45, 2.75) is 19.0 Å². The van der Waals surface area contributed by atoms with E-state index in [4.69, 9.17) is 23.2 Å². The van der Waals surface area contributed by atoms with Gasteiger partial charge in [-0.05, 0) is 43.3 Å². The first-order valence-electron chi connectivity index (χ1n) is 9.73. The number of amides is 2. The Morgan fingerprint density at radius 1 is 1.03 bits per heavy atom. The molecule has 0 bridgehead atoms. The van der Waals surface area contributed by atoms with E-state index in [1.54, 1.807) is 41.2 Å². The quantitative estimate of drug-likeness (QED) is 0.579. The molecular formula is C24H20Cl2N3O2+.